The molecule has 2 aromatic carbocycles. The molecule has 9 heteroatoms. The minimum Gasteiger partial charge on any atom is -0.500 e. The fourth-order valence-electron chi connectivity index (χ4n) is 2.30. The van der Waals surface area contributed by atoms with Crippen LogP contribution in [0.2, 0.25) is 0 Å². The van der Waals surface area contributed by atoms with E-state index in [0.29, 0.717) is 0 Å². The highest BCUT2D eigenvalue weighted by molar-refractivity contribution is 5.94. The first-order chi connectivity index (χ1) is 13.9. The first-order valence-electron chi connectivity index (χ1n) is 8.15. The molecule has 8 nitrogen and oxygen atoms in total. The normalized spacial score (nSPS) is 10.8. The van der Waals surface area contributed by atoms with Crippen LogP contribution < -0.4 is 4.74 Å². The minimum atomic E-state index is -1.55. The van der Waals surface area contributed by atoms with Crippen molar-refractivity contribution in [1.29, 1.82) is 0 Å². The Morgan fingerprint density at radius 1 is 1.07 bits per heavy atom. The molecule has 29 heavy (non-hydrogen) atoms. The maximum atomic E-state index is 14.3. The van der Waals surface area contributed by atoms with Crippen LogP contribution in [0.4, 0.5) is 4.39 Å². The average molecular weight is 404 g/mol. The monoisotopic (exact) mass is 404 g/mol. The van der Waals surface area contributed by atoms with Gasteiger partial charge in [-0.05, 0) is 24.3 Å². The third kappa shape index (κ3) is 5.32. The number of benzene rings is 2. The summed E-state index contributed by atoms with van der Waals surface area (Å²) in [5.41, 5.74) is -0.828. The van der Waals surface area contributed by atoms with Crippen LogP contribution in [0, 0.1) is 5.82 Å². The Bertz CT molecular complexity index is 937. The molecule has 2 rings (SSSR count). The number of methoxy groups -OCH3 is 2. The molecule has 0 atom stereocenters. The summed E-state index contributed by atoms with van der Waals surface area (Å²) >= 11 is 0. The van der Waals surface area contributed by atoms with E-state index in [0.717, 1.165) is 25.5 Å². The minimum absolute atomic E-state index is 0.216. The summed E-state index contributed by atoms with van der Waals surface area (Å²) in [7, 11) is 2.33. The number of halogens is 1. The smallest absolute Gasteiger partial charge is 0.377 e. The molecule has 0 saturated heterocycles. The van der Waals surface area contributed by atoms with E-state index in [1.807, 2.05) is 0 Å². The van der Waals surface area contributed by atoms with E-state index in [9.17, 15) is 23.9 Å². The molecule has 0 bridgehead atoms. The van der Waals surface area contributed by atoms with Gasteiger partial charge < -0.3 is 24.1 Å². The van der Waals surface area contributed by atoms with E-state index < -0.39 is 47.2 Å². The van der Waals surface area contributed by atoms with Crippen LogP contribution in [-0.2, 0) is 25.6 Å². The van der Waals surface area contributed by atoms with Gasteiger partial charge in [0.05, 0.1) is 19.8 Å². The molecule has 0 aliphatic rings. The molecule has 0 amide bonds. The van der Waals surface area contributed by atoms with Gasteiger partial charge in [-0.2, -0.15) is 0 Å². The molecule has 0 radical (unpaired) electrons. The zero-order valence-electron chi connectivity index (χ0n) is 15.5. The number of carbonyl (C=O) groups is 3. The van der Waals surface area contributed by atoms with Crippen molar-refractivity contribution in [2.45, 2.75) is 6.61 Å². The number of hydrogen-bond acceptors (Lipinski definition) is 7. The highest BCUT2D eigenvalue weighted by Gasteiger charge is 2.25. The maximum absolute atomic E-state index is 14.3. The molecule has 0 spiro atoms. The molecule has 0 unspecified atom stereocenters. The van der Waals surface area contributed by atoms with Gasteiger partial charge in [0.25, 0.3) is 0 Å². The molecule has 2 aromatic rings. The van der Waals surface area contributed by atoms with E-state index in [1.54, 1.807) is 18.2 Å². The molecule has 0 fully saturated rings. The zero-order chi connectivity index (χ0) is 21.4. The Kier molecular flexibility index (Phi) is 7.30. The van der Waals surface area contributed by atoms with Crippen molar-refractivity contribution in [2.24, 2.45) is 0 Å². The van der Waals surface area contributed by atoms with Gasteiger partial charge in [-0.1, -0.05) is 18.2 Å². The second kappa shape index (κ2) is 9.88. The SMILES string of the molecule is COC=C(Oc1ccc(F)c(COC(=O)c2ccccc2)c1C(=O)O)C(=O)OC. The molecule has 152 valence electrons. The molecule has 0 aliphatic heterocycles. The number of ether oxygens (including phenoxy) is 4. The van der Waals surface area contributed by atoms with E-state index in [4.69, 9.17) is 14.2 Å². The molecule has 1 N–H and O–H groups in total. The lowest BCUT2D eigenvalue weighted by molar-refractivity contribution is -0.138. The van der Waals surface area contributed by atoms with Crippen LogP contribution in [0.5, 0.6) is 5.75 Å². The zero-order valence-corrected chi connectivity index (χ0v) is 15.5. The Balaban J connectivity index is 2.36. The van der Waals surface area contributed by atoms with Crippen molar-refractivity contribution >= 4 is 17.9 Å². The van der Waals surface area contributed by atoms with Crippen molar-refractivity contribution in [3.05, 3.63) is 77.0 Å². The Hall–Kier alpha value is -3.88. The fourth-order valence-corrected chi connectivity index (χ4v) is 2.30. The summed E-state index contributed by atoms with van der Waals surface area (Å²) in [6, 6.07) is 9.87. The van der Waals surface area contributed by atoms with E-state index in [1.165, 1.54) is 19.2 Å². The largest absolute Gasteiger partial charge is 0.500 e. The van der Waals surface area contributed by atoms with Crippen LogP contribution in [0.1, 0.15) is 26.3 Å². The molecular weight excluding hydrogens is 387 g/mol. The third-order valence-electron chi connectivity index (χ3n) is 3.62. The number of carbonyl (C=O) groups excluding carboxylic acids is 2. The van der Waals surface area contributed by atoms with Gasteiger partial charge in [0.1, 0.15) is 30.0 Å². The van der Waals surface area contributed by atoms with E-state index >= 15 is 0 Å². The predicted octanol–water partition coefficient (Wildman–Crippen LogP) is 2.92. The van der Waals surface area contributed by atoms with Crippen molar-refractivity contribution in [3.63, 3.8) is 0 Å². The first-order valence-corrected chi connectivity index (χ1v) is 8.15. The lowest BCUT2D eigenvalue weighted by Gasteiger charge is -2.14. The number of hydrogen-bond donors (Lipinski definition) is 1. The van der Waals surface area contributed by atoms with Gasteiger partial charge in [-0.15, -0.1) is 0 Å². The summed E-state index contributed by atoms with van der Waals surface area (Å²) in [5, 5.41) is 9.54. The van der Waals surface area contributed by atoms with Gasteiger partial charge >= 0.3 is 17.9 Å². The highest BCUT2D eigenvalue weighted by atomic mass is 19.1. The van der Waals surface area contributed by atoms with Crippen molar-refractivity contribution < 1.29 is 42.8 Å². The quantitative estimate of drug-likeness (QED) is 0.406. The Labute approximate surface area is 165 Å². The van der Waals surface area contributed by atoms with E-state index in [2.05, 4.69) is 4.74 Å². The second-order valence-electron chi connectivity index (χ2n) is 5.46. The van der Waals surface area contributed by atoms with Gasteiger partial charge in [-0.25, -0.2) is 18.8 Å². The molecule has 0 saturated carbocycles. The fraction of sp³-hybridized carbons (Fsp3) is 0.150. The molecule has 0 aliphatic carbocycles. The number of carboxylic acids is 1. The van der Waals surface area contributed by atoms with Gasteiger partial charge in [0.2, 0.25) is 5.76 Å². The standard InChI is InChI=1S/C20H17FO8/c1-26-11-16(20(25)27-2)29-15-9-8-14(21)13(17(15)18(22)23)10-28-19(24)12-6-4-3-5-7-12/h3-9,11H,10H2,1-2H3,(H,22,23). The lowest BCUT2D eigenvalue weighted by Crippen LogP contribution is -2.16. The lowest BCUT2D eigenvalue weighted by atomic mass is 10.1. The molecule has 0 aromatic heterocycles. The maximum Gasteiger partial charge on any atom is 0.377 e. The van der Waals surface area contributed by atoms with E-state index in [-0.39, 0.29) is 11.3 Å². The van der Waals surface area contributed by atoms with Crippen LogP contribution >= 0.6 is 0 Å². The van der Waals surface area contributed by atoms with Crippen LogP contribution in [0.25, 0.3) is 0 Å². The first kappa shape index (κ1) is 21.4. The molecule has 0 heterocycles. The number of rotatable bonds is 8. The van der Waals surface area contributed by atoms with Crippen molar-refractivity contribution in [2.75, 3.05) is 14.2 Å². The van der Waals surface area contributed by atoms with Gasteiger partial charge in [-0.3, -0.25) is 0 Å². The summed E-state index contributed by atoms with van der Waals surface area (Å²) in [6.45, 7) is -0.667. The summed E-state index contributed by atoms with van der Waals surface area (Å²) in [4.78, 5) is 35.5. The van der Waals surface area contributed by atoms with Crippen LogP contribution in [0.3, 0.4) is 0 Å². The average Bonchev–Trinajstić information content (AvgIpc) is 2.72. The van der Waals surface area contributed by atoms with Crippen LogP contribution in [-0.4, -0.2) is 37.2 Å². The second-order valence-corrected chi connectivity index (χ2v) is 5.46. The molecular formula is C20H17FO8. The number of carboxylic acid groups (broad SMARTS) is 1. The van der Waals surface area contributed by atoms with Crippen molar-refractivity contribution in [1.82, 2.24) is 0 Å². The Morgan fingerprint density at radius 3 is 2.34 bits per heavy atom. The van der Waals surface area contributed by atoms with Gasteiger partial charge in [0.15, 0.2) is 0 Å². The topological polar surface area (TPSA) is 108 Å². The predicted molar refractivity (Wildman–Crippen MR) is 96.7 cm³/mol. The number of aromatic carboxylic acids is 1. The summed E-state index contributed by atoms with van der Waals surface area (Å²) in [5.74, 6) is -5.00. The third-order valence-corrected chi connectivity index (χ3v) is 3.62. The Morgan fingerprint density at radius 2 is 1.76 bits per heavy atom. The van der Waals surface area contributed by atoms with Crippen LogP contribution in [0.15, 0.2) is 54.5 Å². The summed E-state index contributed by atoms with van der Waals surface area (Å²) in [6.07, 6.45) is 0.899. The summed E-state index contributed by atoms with van der Waals surface area (Å²) < 4.78 is 33.8. The van der Waals surface area contributed by atoms with Gasteiger partial charge in [0, 0.05) is 5.56 Å². The number of esters is 2. The van der Waals surface area contributed by atoms with Crippen molar-refractivity contribution in [3.8, 4) is 5.75 Å². The highest BCUT2D eigenvalue weighted by Crippen LogP contribution is 2.28.